The van der Waals surface area contributed by atoms with E-state index in [1.807, 2.05) is 11.5 Å². The lowest BCUT2D eigenvalue weighted by atomic mass is 10.5. The van der Waals surface area contributed by atoms with Crippen LogP contribution in [0.15, 0.2) is 11.5 Å². The van der Waals surface area contributed by atoms with Gasteiger partial charge in [-0.1, -0.05) is 22.0 Å². The zero-order valence-corrected chi connectivity index (χ0v) is 6.63. The van der Waals surface area contributed by atoms with Crippen molar-refractivity contribution in [3.63, 3.8) is 0 Å². The van der Waals surface area contributed by atoms with Crippen molar-refractivity contribution in [1.82, 2.24) is 0 Å². The van der Waals surface area contributed by atoms with Crippen LogP contribution in [0.2, 0.25) is 0 Å². The molecule has 0 fully saturated rings. The lowest BCUT2D eigenvalue weighted by Gasteiger charge is -1.99. The quantitative estimate of drug-likeness (QED) is 0.541. The molecule has 0 aromatic carbocycles. The minimum Gasteiger partial charge on any atom is -0.117 e. The summed E-state index contributed by atoms with van der Waals surface area (Å²) in [5.41, 5.74) is 0. The standard InChI is InChI=1S/C4H4BrClS/c5-4-3(6)1-2-7-4/h1-4H. The van der Waals surface area contributed by atoms with E-state index in [0.29, 0.717) is 4.16 Å². The molecule has 0 amide bonds. The van der Waals surface area contributed by atoms with Crippen molar-refractivity contribution >= 4 is 39.3 Å². The Balaban J connectivity index is 2.45. The zero-order valence-electron chi connectivity index (χ0n) is 3.47. The predicted molar refractivity (Wildman–Crippen MR) is 39.1 cm³/mol. The van der Waals surface area contributed by atoms with Gasteiger partial charge in [-0.3, -0.25) is 0 Å². The Kier molecular flexibility index (Phi) is 2.07. The van der Waals surface area contributed by atoms with Crippen LogP contribution >= 0.6 is 39.3 Å². The molecule has 0 radical (unpaired) electrons. The first-order valence-corrected chi connectivity index (χ1v) is 4.20. The molecule has 1 aliphatic heterocycles. The highest BCUT2D eigenvalue weighted by molar-refractivity contribution is 9.11. The average Bonchev–Trinajstić information content (AvgIpc) is 1.91. The van der Waals surface area contributed by atoms with Crippen LogP contribution in [0.25, 0.3) is 0 Å². The van der Waals surface area contributed by atoms with Crippen LogP contribution in [0.5, 0.6) is 0 Å². The Morgan fingerprint density at radius 2 is 2.43 bits per heavy atom. The number of allylic oxidation sites excluding steroid dienone is 1. The van der Waals surface area contributed by atoms with Gasteiger partial charge in [0.25, 0.3) is 0 Å². The van der Waals surface area contributed by atoms with Crippen molar-refractivity contribution in [1.29, 1.82) is 0 Å². The summed E-state index contributed by atoms with van der Waals surface area (Å²) in [6.07, 6.45) is 1.98. The third kappa shape index (κ3) is 1.37. The van der Waals surface area contributed by atoms with Crippen molar-refractivity contribution in [2.45, 2.75) is 9.54 Å². The highest BCUT2D eigenvalue weighted by Crippen LogP contribution is 2.32. The summed E-state index contributed by atoms with van der Waals surface area (Å²) in [5, 5.41) is 2.20. The Labute approximate surface area is 60.4 Å². The first kappa shape index (κ1) is 5.99. The SMILES string of the molecule is ClC1C=CSC1Br. The molecule has 0 aliphatic carbocycles. The fourth-order valence-electron chi connectivity index (χ4n) is 0.358. The third-order valence-corrected chi connectivity index (χ3v) is 3.66. The van der Waals surface area contributed by atoms with Gasteiger partial charge in [0.2, 0.25) is 0 Å². The van der Waals surface area contributed by atoms with Gasteiger partial charge in [0.15, 0.2) is 0 Å². The summed E-state index contributed by atoms with van der Waals surface area (Å²) < 4.78 is 0.397. The first-order valence-electron chi connectivity index (χ1n) is 1.91. The number of thioether (sulfide) groups is 1. The Morgan fingerprint density at radius 3 is 2.57 bits per heavy atom. The van der Waals surface area contributed by atoms with Crippen molar-refractivity contribution in [3.05, 3.63) is 11.5 Å². The molecule has 1 rings (SSSR count). The molecule has 2 unspecified atom stereocenters. The molecule has 7 heavy (non-hydrogen) atoms. The van der Waals surface area contributed by atoms with Crippen LogP contribution in [0.4, 0.5) is 0 Å². The second-order valence-electron chi connectivity index (χ2n) is 1.26. The summed E-state index contributed by atoms with van der Waals surface area (Å²) in [6, 6.07) is 0. The summed E-state index contributed by atoms with van der Waals surface area (Å²) in [7, 11) is 0. The summed E-state index contributed by atoms with van der Waals surface area (Å²) >= 11 is 10.8. The zero-order chi connectivity index (χ0) is 5.28. The molecule has 0 aromatic rings. The number of hydrogen-bond acceptors (Lipinski definition) is 1. The largest absolute Gasteiger partial charge is 0.117 e. The maximum atomic E-state index is 5.71. The van der Waals surface area contributed by atoms with Crippen LogP contribution in [0.3, 0.4) is 0 Å². The lowest BCUT2D eigenvalue weighted by molar-refractivity contribution is 1.23. The van der Waals surface area contributed by atoms with Crippen molar-refractivity contribution < 1.29 is 0 Å². The maximum Gasteiger partial charge on any atom is 0.0839 e. The van der Waals surface area contributed by atoms with Crippen LogP contribution in [0, 0.1) is 0 Å². The van der Waals surface area contributed by atoms with Crippen LogP contribution in [-0.4, -0.2) is 9.54 Å². The fourth-order valence-corrected chi connectivity index (χ4v) is 1.90. The van der Waals surface area contributed by atoms with Gasteiger partial charge in [0, 0.05) is 0 Å². The van der Waals surface area contributed by atoms with Crippen LogP contribution in [-0.2, 0) is 0 Å². The Bertz CT molecular complexity index is 93.7. The monoisotopic (exact) mass is 198 g/mol. The predicted octanol–water partition coefficient (Wildman–Crippen LogP) is 2.58. The minimum atomic E-state index is 0.185. The van der Waals surface area contributed by atoms with Gasteiger partial charge in [0.05, 0.1) is 9.54 Å². The highest BCUT2D eigenvalue weighted by Gasteiger charge is 2.16. The van der Waals surface area contributed by atoms with E-state index in [2.05, 4.69) is 15.9 Å². The second-order valence-corrected chi connectivity index (χ2v) is 4.41. The topological polar surface area (TPSA) is 0 Å². The molecule has 0 saturated heterocycles. The molecule has 0 N–H and O–H groups in total. The van der Waals surface area contributed by atoms with Crippen LogP contribution in [0.1, 0.15) is 0 Å². The minimum absolute atomic E-state index is 0.185. The molecular weight excluding hydrogens is 195 g/mol. The second kappa shape index (κ2) is 2.42. The molecule has 3 heteroatoms. The lowest BCUT2D eigenvalue weighted by Crippen LogP contribution is -1.99. The summed E-state index contributed by atoms with van der Waals surface area (Å²) in [6.45, 7) is 0. The number of alkyl halides is 2. The highest BCUT2D eigenvalue weighted by atomic mass is 79.9. The van der Waals surface area contributed by atoms with E-state index in [-0.39, 0.29) is 5.38 Å². The fraction of sp³-hybridized carbons (Fsp3) is 0.500. The van der Waals surface area contributed by atoms with Gasteiger partial charge >= 0.3 is 0 Å². The molecule has 1 aliphatic rings. The molecule has 0 saturated carbocycles. The van der Waals surface area contributed by atoms with E-state index in [4.69, 9.17) is 11.6 Å². The van der Waals surface area contributed by atoms with E-state index < -0.39 is 0 Å². The number of rotatable bonds is 0. The van der Waals surface area contributed by atoms with Gasteiger partial charge in [-0.25, -0.2) is 0 Å². The third-order valence-electron chi connectivity index (χ3n) is 0.721. The molecule has 0 bridgehead atoms. The molecule has 1 heterocycles. The van der Waals surface area contributed by atoms with Gasteiger partial charge in [-0.2, -0.15) is 0 Å². The van der Waals surface area contributed by atoms with Crippen LogP contribution < -0.4 is 0 Å². The van der Waals surface area contributed by atoms with E-state index >= 15 is 0 Å². The molecular formula is C4H4BrClS. The van der Waals surface area contributed by atoms with E-state index in [1.165, 1.54) is 0 Å². The summed E-state index contributed by atoms with van der Waals surface area (Å²) in [4.78, 5) is 0. The van der Waals surface area contributed by atoms with Crippen molar-refractivity contribution in [2.24, 2.45) is 0 Å². The average molecular weight is 200 g/mol. The van der Waals surface area contributed by atoms with E-state index in [0.717, 1.165) is 0 Å². The van der Waals surface area contributed by atoms with Crippen molar-refractivity contribution in [3.8, 4) is 0 Å². The number of halogens is 2. The molecule has 0 spiro atoms. The van der Waals surface area contributed by atoms with Gasteiger partial charge < -0.3 is 0 Å². The van der Waals surface area contributed by atoms with Gasteiger partial charge in [0.1, 0.15) is 0 Å². The Hall–Kier alpha value is 0.860. The summed E-state index contributed by atoms with van der Waals surface area (Å²) in [5.74, 6) is 0. The molecule has 2 atom stereocenters. The van der Waals surface area contributed by atoms with Crippen molar-refractivity contribution in [2.75, 3.05) is 0 Å². The number of hydrogen-bond donors (Lipinski definition) is 0. The van der Waals surface area contributed by atoms with Gasteiger partial charge in [-0.05, 0) is 5.41 Å². The smallest absolute Gasteiger partial charge is 0.0839 e. The molecule has 40 valence electrons. The Morgan fingerprint density at radius 1 is 1.71 bits per heavy atom. The van der Waals surface area contributed by atoms with E-state index in [9.17, 15) is 0 Å². The maximum absolute atomic E-state index is 5.71. The molecule has 0 aromatic heterocycles. The van der Waals surface area contributed by atoms with Gasteiger partial charge in [-0.15, -0.1) is 23.4 Å². The first-order chi connectivity index (χ1) is 3.30. The molecule has 0 nitrogen and oxygen atoms in total. The normalized spacial score (nSPS) is 39.7. The van der Waals surface area contributed by atoms with E-state index in [1.54, 1.807) is 11.8 Å².